The Morgan fingerprint density at radius 2 is 2.00 bits per heavy atom. The van der Waals surface area contributed by atoms with Crippen LogP contribution in [0.1, 0.15) is 25.5 Å². The van der Waals surface area contributed by atoms with Crippen molar-refractivity contribution in [1.29, 1.82) is 0 Å². The van der Waals surface area contributed by atoms with Crippen molar-refractivity contribution in [2.24, 2.45) is 0 Å². The summed E-state index contributed by atoms with van der Waals surface area (Å²) < 4.78 is 5.26. The van der Waals surface area contributed by atoms with Gasteiger partial charge in [-0.25, -0.2) is 0 Å². The second-order valence-electron chi connectivity index (χ2n) is 3.28. The first-order chi connectivity index (χ1) is 6.84. The van der Waals surface area contributed by atoms with E-state index >= 15 is 0 Å². The average Bonchev–Trinajstić information content (AvgIpc) is 2.25. The fourth-order valence-electron chi connectivity index (χ4n) is 1.35. The van der Waals surface area contributed by atoms with E-state index < -0.39 is 0 Å². The summed E-state index contributed by atoms with van der Waals surface area (Å²) in [4.78, 5) is 0. The van der Waals surface area contributed by atoms with Crippen molar-refractivity contribution in [3.05, 3.63) is 35.9 Å². The molecule has 0 aliphatic carbocycles. The lowest BCUT2D eigenvalue weighted by Crippen LogP contribution is -2.23. The van der Waals surface area contributed by atoms with Crippen LogP contribution in [0.4, 0.5) is 0 Å². The van der Waals surface area contributed by atoms with Gasteiger partial charge in [-0.3, -0.25) is 0 Å². The van der Waals surface area contributed by atoms with Gasteiger partial charge in [-0.05, 0) is 19.4 Å². The predicted molar refractivity (Wildman–Crippen MR) is 59.4 cm³/mol. The quantitative estimate of drug-likeness (QED) is 0.700. The van der Waals surface area contributed by atoms with Crippen molar-refractivity contribution in [2.45, 2.75) is 19.9 Å². The van der Waals surface area contributed by atoms with Gasteiger partial charge in [-0.15, -0.1) is 0 Å². The van der Waals surface area contributed by atoms with Crippen molar-refractivity contribution in [2.75, 3.05) is 19.8 Å². The summed E-state index contributed by atoms with van der Waals surface area (Å²) in [7, 11) is 0. The zero-order valence-electron chi connectivity index (χ0n) is 8.99. The first-order valence-electron chi connectivity index (χ1n) is 5.20. The van der Waals surface area contributed by atoms with Crippen LogP contribution in [0, 0.1) is 0 Å². The molecule has 2 heteroatoms. The summed E-state index contributed by atoms with van der Waals surface area (Å²) in [5.74, 6) is 0. The van der Waals surface area contributed by atoms with Gasteiger partial charge in [0, 0.05) is 19.2 Å². The molecule has 0 aromatic heterocycles. The summed E-state index contributed by atoms with van der Waals surface area (Å²) in [6.07, 6.45) is 0. The molecular weight excluding hydrogens is 174 g/mol. The molecule has 1 N–H and O–H groups in total. The van der Waals surface area contributed by atoms with Crippen LogP contribution >= 0.6 is 0 Å². The maximum absolute atomic E-state index is 5.26. The number of nitrogens with one attached hydrogen (secondary N) is 1. The smallest absolute Gasteiger partial charge is 0.0590 e. The largest absolute Gasteiger partial charge is 0.380 e. The third kappa shape index (κ3) is 3.90. The highest BCUT2D eigenvalue weighted by molar-refractivity contribution is 5.17. The van der Waals surface area contributed by atoms with Crippen molar-refractivity contribution in [1.82, 2.24) is 5.32 Å². The van der Waals surface area contributed by atoms with E-state index in [1.807, 2.05) is 13.0 Å². The van der Waals surface area contributed by atoms with E-state index in [-0.39, 0.29) is 0 Å². The molecule has 0 fully saturated rings. The average molecular weight is 193 g/mol. The normalized spacial score (nSPS) is 12.7. The Labute approximate surface area is 86.3 Å². The Hall–Kier alpha value is -0.860. The molecule has 0 radical (unpaired) electrons. The predicted octanol–water partition coefficient (Wildman–Crippen LogP) is 2.37. The minimum absolute atomic E-state index is 0.400. The van der Waals surface area contributed by atoms with E-state index in [1.54, 1.807) is 0 Å². The van der Waals surface area contributed by atoms with Gasteiger partial charge in [-0.2, -0.15) is 0 Å². The Morgan fingerprint density at radius 3 is 2.64 bits per heavy atom. The van der Waals surface area contributed by atoms with Gasteiger partial charge < -0.3 is 10.1 Å². The molecule has 0 saturated heterocycles. The highest BCUT2D eigenvalue weighted by Gasteiger charge is 2.01. The molecule has 0 spiro atoms. The summed E-state index contributed by atoms with van der Waals surface area (Å²) in [5.41, 5.74) is 1.32. The first-order valence-corrected chi connectivity index (χ1v) is 5.20. The number of hydrogen-bond acceptors (Lipinski definition) is 2. The van der Waals surface area contributed by atoms with Crippen LogP contribution in [0.5, 0.6) is 0 Å². The number of hydrogen-bond donors (Lipinski definition) is 1. The van der Waals surface area contributed by atoms with Crippen LogP contribution in [-0.4, -0.2) is 19.8 Å². The van der Waals surface area contributed by atoms with Gasteiger partial charge in [0.2, 0.25) is 0 Å². The highest BCUT2D eigenvalue weighted by Crippen LogP contribution is 2.10. The minimum Gasteiger partial charge on any atom is -0.380 e. The molecule has 0 bridgehead atoms. The lowest BCUT2D eigenvalue weighted by molar-refractivity contribution is 0.147. The molecular formula is C12H19NO. The van der Waals surface area contributed by atoms with Gasteiger partial charge in [0.05, 0.1) is 6.61 Å². The molecule has 78 valence electrons. The van der Waals surface area contributed by atoms with Crippen LogP contribution in [0.3, 0.4) is 0 Å². The molecule has 14 heavy (non-hydrogen) atoms. The van der Waals surface area contributed by atoms with Crippen LogP contribution in [0.25, 0.3) is 0 Å². The molecule has 0 aliphatic heterocycles. The molecule has 1 aromatic rings. The fourth-order valence-corrected chi connectivity index (χ4v) is 1.35. The third-order valence-electron chi connectivity index (χ3n) is 2.20. The number of benzene rings is 1. The number of rotatable bonds is 6. The Balaban J connectivity index is 2.25. The van der Waals surface area contributed by atoms with Crippen molar-refractivity contribution < 1.29 is 4.74 Å². The molecule has 0 saturated carbocycles. The van der Waals surface area contributed by atoms with E-state index in [2.05, 4.69) is 36.5 Å². The number of ether oxygens (including phenoxy) is 1. The standard InChI is InChI=1S/C12H19NO/c1-3-14-10-9-13-11(2)12-7-5-4-6-8-12/h4-8,11,13H,3,9-10H2,1-2H3. The van der Waals surface area contributed by atoms with Gasteiger partial charge in [0.15, 0.2) is 0 Å². The van der Waals surface area contributed by atoms with E-state index in [0.29, 0.717) is 6.04 Å². The fraction of sp³-hybridized carbons (Fsp3) is 0.500. The summed E-state index contributed by atoms with van der Waals surface area (Å²) in [6, 6.07) is 10.8. The molecule has 2 nitrogen and oxygen atoms in total. The Bertz CT molecular complexity index is 235. The maximum atomic E-state index is 5.26. The van der Waals surface area contributed by atoms with Crippen LogP contribution in [0.2, 0.25) is 0 Å². The molecule has 0 amide bonds. The van der Waals surface area contributed by atoms with Gasteiger partial charge in [-0.1, -0.05) is 30.3 Å². The lowest BCUT2D eigenvalue weighted by Gasteiger charge is -2.13. The van der Waals surface area contributed by atoms with Crippen molar-refractivity contribution in [3.63, 3.8) is 0 Å². The van der Waals surface area contributed by atoms with Crippen LogP contribution in [-0.2, 0) is 4.74 Å². The monoisotopic (exact) mass is 193 g/mol. The van der Waals surface area contributed by atoms with E-state index in [0.717, 1.165) is 19.8 Å². The summed E-state index contributed by atoms with van der Waals surface area (Å²) in [6.45, 7) is 6.67. The Kier molecular flexibility index (Phi) is 5.27. The van der Waals surface area contributed by atoms with Crippen LogP contribution < -0.4 is 5.32 Å². The van der Waals surface area contributed by atoms with E-state index in [4.69, 9.17) is 4.74 Å². The lowest BCUT2D eigenvalue weighted by atomic mass is 10.1. The molecule has 0 aliphatic rings. The van der Waals surface area contributed by atoms with Gasteiger partial charge >= 0.3 is 0 Å². The van der Waals surface area contributed by atoms with Crippen molar-refractivity contribution in [3.8, 4) is 0 Å². The second kappa shape index (κ2) is 6.57. The Morgan fingerprint density at radius 1 is 1.29 bits per heavy atom. The summed E-state index contributed by atoms with van der Waals surface area (Å²) >= 11 is 0. The molecule has 1 aromatic carbocycles. The van der Waals surface area contributed by atoms with E-state index in [9.17, 15) is 0 Å². The molecule has 1 atom stereocenters. The SMILES string of the molecule is CCOCCNC(C)c1ccccc1. The molecule has 1 rings (SSSR count). The van der Waals surface area contributed by atoms with E-state index in [1.165, 1.54) is 5.56 Å². The maximum Gasteiger partial charge on any atom is 0.0590 e. The molecule has 1 unspecified atom stereocenters. The van der Waals surface area contributed by atoms with Crippen LogP contribution in [0.15, 0.2) is 30.3 Å². The topological polar surface area (TPSA) is 21.3 Å². The zero-order valence-corrected chi connectivity index (χ0v) is 8.99. The highest BCUT2D eigenvalue weighted by atomic mass is 16.5. The molecule has 0 heterocycles. The van der Waals surface area contributed by atoms with Crippen molar-refractivity contribution >= 4 is 0 Å². The second-order valence-corrected chi connectivity index (χ2v) is 3.28. The first kappa shape index (κ1) is 11.2. The summed E-state index contributed by atoms with van der Waals surface area (Å²) in [5, 5.41) is 3.41. The minimum atomic E-state index is 0.400. The third-order valence-corrected chi connectivity index (χ3v) is 2.20. The van der Waals surface area contributed by atoms with Gasteiger partial charge in [0.1, 0.15) is 0 Å². The zero-order chi connectivity index (χ0) is 10.2. The van der Waals surface area contributed by atoms with Gasteiger partial charge in [0.25, 0.3) is 0 Å².